The first-order valence-electron chi connectivity index (χ1n) is 11.5. The molecule has 1 unspecified atom stereocenters. The largest absolute Gasteiger partial charge is 0.507 e. The molecule has 1 amide bonds. The van der Waals surface area contributed by atoms with E-state index in [4.69, 9.17) is 14.2 Å². The minimum atomic E-state index is -0.851. The molecule has 0 saturated carbocycles. The summed E-state index contributed by atoms with van der Waals surface area (Å²) in [6, 6.07) is 13.1. The summed E-state index contributed by atoms with van der Waals surface area (Å²) in [4.78, 5) is 32.2. The molecule has 186 valence electrons. The highest BCUT2D eigenvalue weighted by atomic mass is 16.5. The van der Waals surface area contributed by atoms with Crippen molar-refractivity contribution < 1.29 is 28.9 Å². The highest BCUT2D eigenvalue weighted by molar-refractivity contribution is 6.46. The molecule has 1 aliphatic rings. The number of rotatable bonds is 8. The maximum atomic E-state index is 13.4. The third kappa shape index (κ3) is 4.62. The second kappa shape index (κ2) is 10.5. The predicted octanol–water partition coefficient (Wildman–Crippen LogP) is 4.43. The molecule has 0 radical (unpaired) electrons. The number of aliphatic hydroxyl groups is 1. The van der Waals surface area contributed by atoms with E-state index >= 15 is 0 Å². The number of hydrogen-bond acceptors (Lipinski definition) is 7. The number of aliphatic hydroxyl groups excluding tert-OH is 1. The van der Waals surface area contributed by atoms with Crippen molar-refractivity contribution in [1.82, 2.24) is 9.88 Å². The number of likely N-dealkylation sites (tertiary alicyclic amines) is 1. The monoisotopic (exact) mass is 488 g/mol. The number of hydrogen-bond donors (Lipinski definition) is 1. The average Bonchev–Trinajstić information content (AvgIpc) is 3.13. The third-order valence-corrected chi connectivity index (χ3v) is 6.10. The lowest BCUT2D eigenvalue weighted by molar-refractivity contribution is -0.140. The van der Waals surface area contributed by atoms with E-state index < -0.39 is 17.7 Å². The number of carbonyl (C=O) groups excluding carboxylic acids is 2. The van der Waals surface area contributed by atoms with Gasteiger partial charge in [-0.2, -0.15) is 0 Å². The van der Waals surface area contributed by atoms with Gasteiger partial charge in [0, 0.05) is 24.5 Å². The van der Waals surface area contributed by atoms with E-state index in [1.165, 1.54) is 19.1 Å². The summed E-state index contributed by atoms with van der Waals surface area (Å²) < 4.78 is 16.4. The molecule has 2 aromatic carbocycles. The first-order chi connectivity index (χ1) is 17.4. The van der Waals surface area contributed by atoms with Gasteiger partial charge in [-0.15, -0.1) is 0 Å². The minimum Gasteiger partial charge on any atom is -0.507 e. The van der Waals surface area contributed by atoms with E-state index in [-0.39, 0.29) is 17.9 Å². The van der Waals surface area contributed by atoms with Crippen LogP contribution in [-0.4, -0.2) is 47.5 Å². The molecule has 1 aromatic heterocycles. The number of Topliss-reactive ketones (excluding diaryl/α,β-unsaturated/α-hetero) is 1. The number of benzene rings is 2. The van der Waals surface area contributed by atoms with E-state index in [1.807, 2.05) is 19.9 Å². The number of aryl methyl sites for hydroxylation is 1. The SMILES string of the molecule is CCOc1ccc(C(O)=C2C(=O)C(=O)N(Cc3cccnc3)C2c2ccc(OC)c(OC)c2)c(C)c1. The topological polar surface area (TPSA) is 98.2 Å². The molecule has 4 rings (SSSR count). The van der Waals surface area contributed by atoms with Crippen molar-refractivity contribution >= 4 is 17.4 Å². The summed E-state index contributed by atoms with van der Waals surface area (Å²) in [5.41, 5.74) is 2.51. The summed E-state index contributed by atoms with van der Waals surface area (Å²) in [5.74, 6) is -0.109. The summed E-state index contributed by atoms with van der Waals surface area (Å²) in [7, 11) is 3.04. The summed E-state index contributed by atoms with van der Waals surface area (Å²) >= 11 is 0. The zero-order valence-electron chi connectivity index (χ0n) is 20.6. The normalized spacial score (nSPS) is 16.8. The van der Waals surface area contributed by atoms with Crippen molar-refractivity contribution in [1.29, 1.82) is 0 Å². The number of ketones is 1. The number of nitrogens with zero attached hydrogens (tertiary/aromatic N) is 2. The van der Waals surface area contributed by atoms with Crippen LogP contribution in [0.15, 0.2) is 66.5 Å². The van der Waals surface area contributed by atoms with Gasteiger partial charge in [0.15, 0.2) is 11.5 Å². The molecular formula is C28H28N2O6. The van der Waals surface area contributed by atoms with Crippen molar-refractivity contribution in [2.24, 2.45) is 0 Å². The summed E-state index contributed by atoms with van der Waals surface area (Å²) in [6.45, 7) is 4.34. The molecule has 36 heavy (non-hydrogen) atoms. The molecule has 8 nitrogen and oxygen atoms in total. The molecule has 0 bridgehead atoms. The standard InChI is InChI=1S/C28H28N2O6/c1-5-36-20-9-10-21(17(2)13-20)26(31)24-25(19-8-11-22(34-3)23(14-19)35-4)30(28(33)27(24)32)16-18-7-6-12-29-15-18/h6-15,25,31H,5,16H2,1-4H3. The molecule has 0 spiro atoms. The first kappa shape index (κ1) is 24.8. The highest BCUT2D eigenvalue weighted by Gasteiger charge is 2.46. The smallest absolute Gasteiger partial charge is 0.295 e. The van der Waals surface area contributed by atoms with Gasteiger partial charge in [-0.3, -0.25) is 14.6 Å². The van der Waals surface area contributed by atoms with E-state index in [9.17, 15) is 14.7 Å². The fourth-order valence-corrected chi connectivity index (χ4v) is 4.40. The van der Waals surface area contributed by atoms with Crippen LogP contribution in [0.2, 0.25) is 0 Å². The van der Waals surface area contributed by atoms with Gasteiger partial charge >= 0.3 is 0 Å². The third-order valence-electron chi connectivity index (χ3n) is 6.10. The number of carbonyl (C=O) groups is 2. The number of amides is 1. The molecular weight excluding hydrogens is 460 g/mol. The molecule has 1 fully saturated rings. The van der Waals surface area contributed by atoms with Gasteiger partial charge in [0.05, 0.1) is 32.4 Å². The summed E-state index contributed by atoms with van der Waals surface area (Å²) in [5, 5.41) is 11.4. The van der Waals surface area contributed by atoms with Crippen molar-refractivity contribution in [3.8, 4) is 17.2 Å². The lowest BCUT2D eigenvalue weighted by Gasteiger charge is -2.26. The zero-order valence-corrected chi connectivity index (χ0v) is 20.6. The van der Waals surface area contributed by atoms with E-state index in [1.54, 1.807) is 54.9 Å². The van der Waals surface area contributed by atoms with Crippen molar-refractivity contribution in [3.63, 3.8) is 0 Å². The van der Waals surface area contributed by atoms with Gasteiger partial charge in [0.1, 0.15) is 11.5 Å². The molecule has 0 aliphatic carbocycles. The summed E-state index contributed by atoms with van der Waals surface area (Å²) in [6.07, 6.45) is 3.28. The molecule has 3 aromatic rings. The Labute approximate surface area is 209 Å². The Hall–Kier alpha value is -4.33. The van der Waals surface area contributed by atoms with Crippen LogP contribution in [0.25, 0.3) is 5.76 Å². The van der Waals surface area contributed by atoms with Crippen LogP contribution in [0.4, 0.5) is 0 Å². The van der Waals surface area contributed by atoms with Gasteiger partial charge in [0.25, 0.3) is 11.7 Å². The van der Waals surface area contributed by atoms with Gasteiger partial charge in [-0.05, 0) is 66.9 Å². The maximum absolute atomic E-state index is 13.4. The minimum absolute atomic E-state index is 0.00312. The second-order valence-corrected chi connectivity index (χ2v) is 8.31. The van der Waals surface area contributed by atoms with Gasteiger partial charge in [0.2, 0.25) is 0 Å². The lowest BCUT2D eigenvalue weighted by Crippen LogP contribution is -2.29. The second-order valence-electron chi connectivity index (χ2n) is 8.31. The fourth-order valence-electron chi connectivity index (χ4n) is 4.40. The van der Waals surface area contributed by atoms with Crippen molar-refractivity contribution in [2.75, 3.05) is 20.8 Å². The Morgan fingerprint density at radius 2 is 1.83 bits per heavy atom. The number of ether oxygens (including phenoxy) is 3. The van der Waals surface area contributed by atoms with E-state index in [0.29, 0.717) is 40.5 Å². The Bertz CT molecular complexity index is 1320. The maximum Gasteiger partial charge on any atom is 0.295 e. The zero-order chi connectivity index (χ0) is 25.8. The molecule has 1 N–H and O–H groups in total. The molecule has 1 aliphatic heterocycles. The van der Waals surface area contributed by atoms with Crippen LogP contribution >= 0.6 is 0 Å². The van der Waals surface area contributed by atoms with Crippen LogP contribution in [0.1, 0.15) is 35.2 Å². The number of pyridine rings is 1. The van der Waals surface area contributed by atoms with Crippen LogP contribution < -0.4 is 14.2 Å². The highest BCUT2D eigenvalue weighted by Crippen LogP contribution is 2.43. The Balaban J connectivity index is 1.89. The van der Waals surface area contributed by atoms with Crippen LogP contribution in [0.5, 0.6) is 17.2 Å². The Kier molecular flexibility index (Phi) is 7.24. The van der Waals surface area contributed by atoms with Crippen LogP contribution in [-0.2, 0) is 16.1 Å². The van der Waals surface area contributed by atoms with E-state index in [0.717, 1.165) is 5.56 Å². The molecule has 8 heteroatoms. The fraction of sp³-hybridized carbons (Fsp3) is 0.250. The molecule has 1 saturated heterocycles. The Morgan fingerprint density at radius 3 is 2.47 bits per heavy atom. The van der Waals surface area contributed by atoms with Crippen molar-refractivity contribution in [3.05, 3.63) is 88.8 Å². The van der Waals surface area contributed by atoms with Gasteiger partial charge in [-0.1, -0.05) is 12.1 Å². The molecule has 1 atom stereocenters. The quantitative estimate of drug-likeness (QED) is 0.285. The van der Waals surface area contributed by atoms with Gasteiger partial charge < -0.3 is 24.2 Å². The predicted molar refractivity (Wildman–Crippen MR) is 134 cm³/mol. The molecule has 2 heterocycles. The number of methoxy groups -OCH3 is 2. The lowest BCUT2D eigenvalue weighted by atomic mass is 9.93. The van der Waals surface area contributed by atoms with E-state index in [2.05, 4.69) is 4.98 Å². The Morgan fingerprint density at radius 1 is 1.06 bits per heavy atom. The van der Waals surface area contributed by atoms with Crippen molar-refractivity contribution in [2.45, 2.75) is 26.4 Å². The van der Waals surface area contributed by atoms with Gasteiger partial charge in [-0.25, -0.2) is 0 Å². The van der Waals surface area contributed by atoms with Crippen LogP contribution in [0, 0.1) is 6.92 Å². The number of aromatic nitrogens is 1. The van der Waals surface area contributed by atoms with Crippen LogP contribution in [0.3, 0.4) is 0 Å². The first-order valence-corrected chi connectivity index (χ1v) is 11.5. The average molecular weight is 489 g/mol.